The number of nitrogens with two attached hydrogens (primary N) is 1. The lowest BCUT2D eigenvalue weighted by Crippen LogP contribution is -2.14. The Morgan fingerprint density at radius 3 is 2.81 bits per heavy atom. The Morgan fingerprint density at radius 1 is 1.19 bits per heavy atom. The van der Waals surface area contributed by atoms with Gasteiger partial charge in [-0.1, -0.05) is 0 Å². The van der Waals surface area contributed by atoms with Crippen molar-refractivity contribution in [3.8, 4) is 5.95 Å². The van der Waals surface area contributed by atoms with Crippen LogP contribution in [-0.2, 0) is 13.5 Å². The van der Waals surface area contributed by atoms with Crippen molar-refractivity contribution >= 4 is 11.9 Å². The minimum absolute atomic E-state index is 0.151. The summed E-state index contributed by atoms with van der Waals surface area (Å²) in [6, 6.07) is 3.76. The molecule has 9 heteroatoms. The van der Waals surface area contributed by atoms with Crippen molar-refractivity contribution < 1.29 is 0 Å². The van der Waals surface area contributed by atoms with Crippen LogP contribution >= 0.6 is 0 Å². The van der Waals surface area contributed by atoms with E-state index in [1.54, 1.807) is 24.7 Å². The molecule has 3 aromatic rings. The molecule has 0 atom stereocenters. The van der Waals surface area contributed by atoms with Gasteiger partial charge < -0.3 is 11.1 Å². The van der Waals surface area contributed by atoms with E-state index in [1.807, 2.05) is 17.8 Å². The first-order valence-corrected chi connectivity index (χ1v) is 6.45. The van der Waals surface area contributed by atoms with Gasteiger partial charge in [0.15, 0.2) is 0 Å². The zero-order chi connectivity index (χ0) is 14.7. The number of nitrogens with one attached hydrogen (secondary N) is 1. The summed E-state index contributed by atoms with van der Waals surface area (Å²) in [5, 5.41) is 11.3. The largest absolute Gasteiger partial charge is 0.368 e. The van der Waals surface area contributed by atoms with Gasteiger partial charge in [0.1, 0.15) is 0 Å². The van der Waals surface area contributed by atoms with Crippen LogP contribution < -0.4 is 11.1 Å². The van der Waals surface area contributed by atoms with E-state index < -0.39 is 0 Å². The molecule has 3 heterocycles. The van der Waals surface area contributed by atoms with E-state index >= 15 is 0 Å². The van der Waals surface area contributed by atoms with E-state index in [1.165, 1.54) is 4.68 Å². The second-order valence-corrected chi connectivity index (χ2v) is 4.39. The highest BCUT2D eigenvalue weighted by Gasteiger charge is 2.06. The minimum Gasteiger partial charge on any atom is -0.368 e. The van der Waals surface area contributed by atoms with E-state index in [2.05, 4.69) is 30.5 Å². The van der Waals surface area contributed by atoms with E-state index in [0.29, 0.717) is 18.4 Å². The van der Waals surface area contributed by atoms with Crippen LogP contribution in [0.5, 0.6) is 0 Å². The maximum Gasteiger partial charge on any atom is 0.257 e. The van der Waals surface area contributed by atoms with Gasteiger partial charge in [0.05, 0.1) is 0 Å². The first-order chi connectivity index (χ1) is 10.2. The van der Waals surface area contributed by atoms with Crippen molar-refractivity contribution in [1.82, 2.24) is 34.5 Å². The highest BCUT2D eigenvalue weighted by atomic mass is 15.4. The molecule has 9 nitrogen and oxygen atoms in total. The van der Waals surface area contributed by atoms with Crippen LogP contribution in [0.3, 0.4) is 0 Å². The molecule has 0 amide bonds. The van der Waals surface area contributed by atoms with Crippen LogP contribution in [0.4, 0.5) is 11.9 Å². The molecule has 0 saturated heterocycles. The van der Waals surface area contributed by atoms with Crippen LogP contribution in [0, 0.1) is 0 Å². The van der Waals surface area contributed by atoms with Gasteiger partial charge in [-0.05, 0) is 12.1 Å². The molecule has 0 unspecified atom stereocenters. The topological polar surface area (TPSA) is 112 Å². The SMILES string of the molecule is Cn1nccc1CCNc1nc(N)nc(-n2cccn2)n1. The highest BCUT2D eigenvalue weighted by molar-refractivity contribution is 5.34. The standard InChI is InChI=1S/C12H15N9/c1-20-9(4-7-15-20)3-6-14-11-17-10(13)18-12(19-11)21-8-2-5-16-21/h2,4-5,7-8H,3,6H2,1H3,(H3,13,14,17,18,19). The monoisotopic (exact) mass is 285 g/mol. The normalized spacial score (nSPS) is 10.7. The quantitative estimate of drug-likeness (QED) is 0.680. The first-order valence-electron chi connectivity index (χ1n) is 6.45. The molecular weight excluding hydrogens is 270 g/mol. The Hall–Kier alpha value is -2.97. The van der Waals surface area contributed by atoms with Gasteiger partial charge in [0.2, 0.25) is 11.9 Å². The second-order valence-electron chi connectivity index (χ2n) is 4.39. The van der Waals surface area contributed by atoms with Crippen LogP contribution in [0.25, 0.3) is 5.95 Å². The molecule has 0 aliphatic rings. The number of anilines is 2. The molecule has 3 rings (SSSR count). The molecule has 0 spiro atoms. The van der Waals surface area contributed by atoms with Crippen LogP contribution in [0.1, 0.15) is 5.69 Å². The maximum absolute atomic E-state index is 5.70. The molecule has 108 valence electrons. The lowest BCUT2D eigenvalue weighted by molar-refractivity contribution is 0.710. The fourth-order valence-electron chi connectivity index (χ4n) is 1.90. The Balaban J connectivity index is 1.69. The molecule has 3 aromatic heterocycles. The third kappa shape index (κ3) is 2.96. The van der Waals surface area contributed by atoms with Crippen LogP contribution in [-0.4, -0.2) is 41.1 Å². The first kappa shape index (κ1) is 13.0. The summed E-state index contributed by atoms with van der Waals surface area (Å²) in [5.41, 5.74) is 6.82. The molecule has 0 aliphatic heterocycles. The number of aryl methyl sites for hydroxylation is 1. The summed E-state index contributed by atoms with van der Waals surface area (Å²) in [4.78, 5) is 12.4. The van der Waals surface area contributed by atoms with Gasteiger partial charge in [-0.3, -0.25) is 4.68 Å². The average molecular weight is 285 g/mol. The summed E-state index contributed by atoms with van der Waals surface area (Å²) >= 11 is 0. The predicted octanol–water partition coefficient (Wildman–Crippen LogP) is 0.0276. The molecule has 0 radical (unpaired) electrons. The summed E-state index contributed by atoms with van der Waals surface area (Å²) in [7, 11) is 1.91. The number of hydrogen-bond acceptors (Lipinski definition) is 7. The van der Waals surface area contributed by atoms with Crippen LogP contribution in [0.15, 0.2) is 30.7 Å². The lowest BCUT2D eigenvalue weighted by atomic mass is 10.3. The second kappa shape index (κ2) is 5.57. The predicted molar refractivity (Wildman–Crippen MR) is 76.8 cm³/mol. The van der Waals surface area contributed by atoms with E-state index in [0.717, 1.165) is 12.1 Å². The van der Waals surface area contributed by atoms with Crippen molar-refractivity contribution in [3.05, 3.63) is 36.4 Å². The van der Waals surface area contributed by atoms with Gasteiger partial charge in [-0.25, -0.2) is 4.68 Å². The third-order valence-corrected chi connectivity index (χ3v) is 2.94. The molecule has 0 aromatic carbocycles. The van der Waals surface area contributed by atoms with Crippen LogP contribution in [0.2, 0.25) is 0 Å². The molecule has 0 aliphatic carbocycles. The Labute approximate surface area is 120 Å². The number of nitrogen functional groups attached to an aromatic ring is 1. The molecule has 0 saturated carbocycles. The van der Waals surface area contributed by atoms with Gasteiger partial charge in [-0.15, -0.1) is 0 Å². The van der Waals surface area contributed by atoms with Gasteiger partial charge in [0.25, 0.3) is 5.95 Å². The van der Waals surface area contributed by atoms with Crippen molar-refractivity contribution in [1.29, 1.82) is 0 Å². The summed E-state index contributed by atoms with van der Waals surface area (Å²) in [6.07, 6.45) is 5.97. The van der Waals surface area contributed by atoms with Crippen molar-refractivity contribution in [3.63, 3.8) is 0 Å². The summed E-state index contributed by atoms with van der Waals surface area (Å²) < 4.78 is 3.36. The smallest absolute Gasteiger partial charge is 0.257 e. The van der Waals surface area contributed by atoms with E-state index in [-0.39, 0.29) is 5.95 Å². The average Bonchev–Trinajstić information content (AvgIpc) is 3.10. The molecule has 3 N–H and O–H groups in total. The number of rotatable bonds is 5. The summed E-state index contributed by atoms with van der Waals surface area (Å²) in [5.74, 6) is 0.962. The Kier molecular flexibility index (Phi) is 3.46. The Morgan fingerprint density at radius 2 is 2.10 bits per heavy atom. The Bertz CT molecular complexity index is 716. The molecule has 21 heavy (non-hydrogen) atoms. The van der Waals surface area contributed by atoms with E-state index in [9.17, 15) is 0 Å². The number of aromatic nitrogens is 7. The van der Waals surface area contributed by atoms with Crippen molar-refractivity contribution in [2.75, 3.05) is 17.6 Å². The fourth-order valence-corrected chi connectivity index (χ4v) is 1.90. The van der Waals surface area contributed by atoms with Crippen molar-refractivity contribution in [2.24, 2.45) is 7.05 Å². The summed E-state index contributed by atoms with van der Waals surface area (Å²) in [6.45, 7) is 0.668. The van der Waals surface area contributed by atoms with Gasteiger partial charge in [0, 0.05) is 44.3 Å². The lowest BCUT2D eigenvalue weighted by Gasteiger charge is -2.07. The number of hydrogen-bond donors (Lipinski definition) is 2. The minimum atomic E-state index is 0.151. The maximum atomic E-state index is 5.70. The van der Waals surface area contributed by atoms with Gasteiger partial charge >= 0.3 is 0 Å². The zero-order valence-corrected chi connectivity index (χ0v) is 11.5. The molecule has 0 fully saturated rings. The highest BCUT2D eigenvalue weighted by Crippen LogP contribution is 2.06. The van der Waals surface area contributed by atoms with Gasteiger partial charge in [-0.2, -0.15) is 25.1 Å². The van der Waals surface area contributed by atoms with Crippen molar-refractivity contribution in [2.45, 2.75) is 6.42 Å². The fraction of sp³-hybridized carbons (Fsp3) is 0.250. The van der Waals surface area contributed by atoms with E-state index in [4.69, 9.17) is 5.73 Å². The number of nitrogens with zero attached hydrogens (tertiary/aromatic N) is 7. The molecule has 0 bridgehead atoms. The zero-order valence-electron chi connectivity index (χ0n) is 11.5. The third-order valence-electron chi connectivity index (χ3n) is 2.94. The molecular formula is C12H15N9.